The maximum atomic E-state index is 12.7. The van der Waals surface area contributed by atoms with Gasteiger partial charge in [0.2, 0.25) is 0 Å². The SMILES string of the molecule is CCCCN(CCC(=O)OC)C(=O)c1ccc(-n2cccc2)cc1. The molecule has 0 N–H and O–H groups in total. The summed E-state index contributed by atoms with van der Waals surface area (Å²) in [5.74, 6) is -0.348. The largest absolute Gasteiger partial charge is 0.469 e. The fraction of sp³-hybridized carbons (Fsp3) is 0.368. The van der Waals surface area contributed by atoms with Gasteiger partial charge in [0.25, 0.3) is 5.91 Å². The molecule has 1 aromatic heterocycles. The Morgan fingerprint density at radius 1 is 1.08 bits per heavy atom. The fourth-order valence-electron chi connectivity index (χ4n) is 2.46. The first-order valence-electron chi connectivity index (χ1n) is 8.25. The van der Waals surface area contributed by atoms with Gasteiger partial charge in [-0.1, -0.05) is 13.3 Å². The van der Waals surface area contributed by atoms with Gasteiger partial charge in [0.15, 0.2) is 0 Å². The Kier molecular flexibility index (Phi) is 6.61. The minimum Gasteiger partial charge on any atom is -0.469 e. The van der Waals surface area contributed by atoms with E-state index >= 15 is 0 Å². The molecule has 0 radical (unpaired) electrons. The van der Waals surface area contributed by atoms with E-state index in [1.807, 2.05) is 53.4 Å². The zero-order chi connectivity index (χ0) is 17.4. The van der Waals surface area contributed by atoms with Gasteiger partial charge in [0, 0.05) is 36.7 Å². The van der Waals surface area contributed by atoms with Crippen molar-refractivity contribution < 1.29 is 14.3 Å². The normalized spacial score (nSPS) is 10.4. The minimum absolute atomic E-state index is 0.0496. The fourth-order valence-corrected chi connectivity index (χ4v) is 2.46. The highest BCUT2D eigenvalue weighted by atomic mass is 16.5. The quantitative estimate of drug-likeness (QED) is 0.699. The van der Waals surface area contributed by atoms with Gasteiger partial charge in [-0.05, 0) is 42.8 Å². The monoisotopic (exact) mass is 328 g/mol. The van der Waals surface area contributed by atoms with Crippen molar-refractivity contribution in [1.29, 1.82) is 0 Å². The second-order valence-electron chi connectivity index (χ2n) is 5.61. The summed E-state index contributed by atoms with van der Waals surface area (Å²) in [4.78, 5) is 25.8. The summed E-state index contributed by atoms with van der Waals surface area (Å²) in [5.41, 5.74) is 1.64. The Balaban J connectivity index is 2.08. The third-order valence-electron chi connectivity index (χ3n) is 3.90. The molecule has 0 fully saturated rings. The first-order chi connectivity index (χ1) is 11.7. The summed E-state index contributed by atoms with van der Waals surface area (Å²) in [6, 6.07) is 11.4. The highest BCUT2D eigenvalue weighted by Crippen LogP contribution is 2.13. The number of ether oxygens (including phenoxy) is 1. The van der Waals surface area contributed by atoms with E-state index in [1.165, 1.54) is 7.11 Å². The Hall–Kier alpha value is -2.56. The maximum Gasteiger partial charge on any atom is 0.307 e. The lowest BCUT2D eigenvalue weighted by atomic mass is 10.1. The lowest BCUT2D eigenvalue weighted by molar-refractivity contribution is -0.140. The number of amides is 1. The van der Waals surface area contributed by atoms with E-state index in [0.29, 0.717) is 18.7 Å². The molecular weight excluding hydrogens is 304 g/mol. The van der Waals surface area contributed by atoms with Gasteiger partial charge in [-0.15, -0.1) is 0 Å². The maximum absolute atomic E-state index is 12.7. The lowest BCUT2D eigenvalue weighted by Crippen LogP contribution is -2.34. The van der Waals surface area contributed by atoms with Crippen molar-refractivity contribution in [2.24, 2.45) is 0 Å². The van der Waals surface area contributed by atoms with Crippen molar-refractivity contribution in [2.75, 3.05) is 20.2 Å². The molecule has 1 aromatic carbocycles. The van der Waals surface area contributed by atoms with Crippen molar-refractivity contribution in [3.05, 3.63) is 54.4 Å². The molecule has 0 saturated carbocycles. The Morgan fingerprint density at radius 3 is 2.33 bits per heavy atom. The highest BCUT2D eigenvalue weighted by Gasteiger charge is 2.16. The van der Waals surface area contributed by atoms with E-state index in [1.54, 1.807) is 4.90 Å². The van der Waals surface area contributed by atoms with Gasteiger partial charge in [0.05, 0.1) is 13.5 Å². The number of methoxy groups -OCH3 is 1. The summed E-state index contributed by atoms with van der Waals surface area (Å²) in [6.45, 7) is 3.10. The number of aromatic nitrogens is 1. The minimum atomic E-state index is -0.299. The summed E-state index contributed by atoms with van der Waals surface area (Å²) in [6.07, 6.45) is 6.04. The number of carbonyl (C=O) groups excluding carboxylic acids is 2. The first-order valence-corrected chi connectivity index (χ1v) is 8.25. The van der Waals surface area contributed by atoms with E-state index in [-0.39, 0.29) is 18.3 Å². The summed E-state index contributed by atoms with van der Waals surface area (Å²) in [5, 5.41) is 0. The van der Waals surface area contributed by atoms with Crippen LogP contribution in [0.2, 0.25) is 0 Å². The summed E-state index contributed by atoms with van der Waals surface area (Å²) in [7, 11) is 1.36. The molecule has 5 heteroatoms. The van der Waals surface area contributed by atoms with Gasteiger partial charge in [-0.3, -0.25) is 9.59 Å². The second-order valence-corrected chi connectivity index (χ2v) is 5.61. The van der Waals surface area contributed by atoms with Crippen LogP contribution in [0.5, 0.6) is 0 Å². The molecule has 0 spiro atoms. The molecule has 0 aliphatic carbocycles. The van der Waals surface area contributed by atoms with Crippen LogP contribution >= 0.6 is 0 Å². The number of hydrogen-bond acceptors (Lipinski definition) is 3. The van der Waals surface area contributed by atoms with Crippen LogP contribution in [-0.4, -0.2) is 41.5 Å². The molecule has 24 heavy (non-hydrogen) atoms. The molecule has 0 atom stereocenters. The van der Waals surface area contributed by atoms with E-state index in [9.17, 15) is 9.59 Å². The zero-order valence-electron chi connectivity index (χ0n) is 14.3. The van der Waals surface area contributed by atoms with Crippen molar-refractivity contribution in [3.8, 4) is 5.69 Å². The van der Waals surface area contributed by atoms with Gasteiger partial charge in [-0.25, -0.2) is 0 Å². The second kappa shape index (κ2) is 8.91. The number of hydrogen-bond donors (Lipinski definition) is 0. The van der Waals surface area contributed by atoms with Gasteiger partial charge in [0.1, 0.15) is 0 Å². The first kappa shape index (κ1) is 17.8. The van der Waals surface area contributed by atoms with E-state index < -0.39 is 0 Å². The molecule has 1 heterocycles. The molecule has 1 amide bonds. The van der Waals surface area contributed by atoms with Crippen molar-refractivity contribution in [3.63, 3.8) is 0 Å². The number of benzene rings is 1. The molecule has 0 aliphatic rings. The van der Waals surface area contributed by atoms with Gasteiger partial charge < -0.3 is 14.2 Å². The Bertz CT molecular complexity index is 648. The number of nitrogens with zero attached hydrogens (tertiary/aromatic N) is 2. The molecule has 128 valence electrons. The summed E-state index contributed by atoms with van der Waals surface area (Å²) >= 11 is 0. The van der Waals surface area contributed by atoms with Crippen LogP contribution in [0.4, 0.5) is 0 Å². The van der Waals surface area contributed by atoms with Crippen molar-refractivity contribution in [1.82, 2.24) is 9.47 Å². The molecule has 5 nitrogen and oxygen atoms in total. The van der Waals surface area contributed by atoms with E-state index in [2.05, 4.69) is 11.7 Å². The smallest absolute Gasteiger partial charge is 0.307 e. The van der Waals surface area contributed by atoms with Crippen molar-refractivity contribution in [2.45, 2.75) is 26.2 Å². The molecule has 0 unspecified atom stereocenters. The number of unbranched alkanes of at least 4 members (excludes halogenated alkanes) is 1. The molecule has 0 aliphatic heterocycles. The molecular formula is C19H24N2O3. The molecule has 0 saturated heterocycles. The Labute approximate surface area is 142 Å². The van der Waals surface area contributed by atoms with E-state index in [0.717, 1.165) is 18.5 Å². The average molecular weight is 328 g/mol. The van der Waals surface area contributed by atoms with Crippen LogP contribution in [0.25, 0.3) is 5.69 Å². The predicted molar refractivity (Wildman–Crippen MR) is 93.2 cm³/mol. The number of esters is 1. The Morgan fingerprint density at radius 2 is 1.75 bits per heavy atom. The van der Waals surface area contributed by atoms with Crippen LogP contribution in [0.1, 0.15) is 36.5 Å². The third-order valence-corrected chi connectivity index (χ3v) is 3.90. The molecule has 2 rings (SSSR count). The molecule has 0 bridgehead atoms. The van der Waals surface area contributed by atoms with Crippen LogP contribution in [0.15, 0.2) is 48.8 Å². The predicted octanol–water partition coefficient (Wildman–Crippen LogP) is 3.28. The van der Waals surface area contributed by atoms with Crippen LogP contribution in [-0.2, 0) is 9.53 Å². The summed E-state index contributed by atoms with van der Waals surface area (Å²) < 4.78 is 6.65. The van der Waals surface area contributed by atoms with Gasteiger partial charge in [-0.2, -0.15) is 0 Å². The van der Waals surface area contributed by atoms with Crippen LogP contribution in [0.3, 0.4) is 0 Å². The number of carbonyl (C=O) groups is 2. The van der Waals surface area contributed by atoms with Crippen LogP contribution in [0, 0.1) is 0 Å². The standard InChI is InChI=1S/C19H24N2O3/c1-3-4-12-21(15-11-18(22)24-2)19(23)16-7-9-17(10-8-16)20-13-5-6-14-20/h5-10,13-14H,3-4,11-12,15H2,1-2H3. The highest BCUT2D eigenvalue weighted by molar-refractivity contribution is 5.94. The lowest BCUT2D eigenvalue weighted by Gasteiger charge is -2.22. The number of rotatable bonds is 8. The van der Waals surface area contributed by atoms with Crippen molar-refractivity contribution >= 4 is 11.9 Å². The van der Waals surface area contributed by atoms with Crippen LogP contribution < -0.4 is 0 Å². The zero-order valence-corrected chi connectivity index (χ0v) is 14.3. The van der Waals surface area contributed by atoms with E-state index in [4.69, 9.17) is 0 Å². The van der Waals surface area contributed by atoms with Gasteiger partial charge >= 0.3 is 5.97 Å². The molecule has 2 aromatic rings. The average Bonchev–Trinajstić information content (AvgIpc) is 3.16. The topological polar surface area (TPSA) is 51.5 Å². The third kappa shape index (κ3) is 4.72.